The van der Waals surface area contributed by atoms with Crippen molar-refractivity contribution >= 4 is 56.8 Å². The Kier molecular flexibility index (Phi) is 17.4. The minimum atomic E-state index is -5.65. The molecule has 0 unspecified atom stereocenters. The Bertz CT molecular complexity index is 1890. The summed E-state index contributed by atoms with van der Waals surface area (Å²) >= 11 is 1.60. The molecule has 2 amide bonds. The van der Waals surface area contributed by atoms with Gasteiger partial charge in [-0.25, -0.2) is 13.8 Å². The first-order chi connectivity index (χ1) is 27.1. The van der Waals surface area contributed by atoms with E-state index in [0.717, 1.165) is 28.3 Å². The fourth-order valence-corrected chi connectivity index (χ4v) is 7.71. The van der Waals surface area contributed by atoms with Crippen LogP contribution >= 0.6 is 11.3 Å². The normalized spacial score (nSPS) is 14.8. The number of piperazine rings is 1. The molecule has 0 saturated carbocycles. The van der Waals surface area contributed by atoms with Gasteiger partial charge in [0.15, 0.2) is 16.5 Å². The molecule has 1 aromatic carbocycles. The molecule has 316 valence electrons. The van der Waals surface area contributed by atoms with Crippen molar-refractivity contribution < 1.29 is 63.9 Å². The van der Waals surface area contributed by atoms with E-state index < -0.39 is 56.4 Å². The molecular weight excluding hydrogens is 803 g/mol. The summed E-state index contributed by atoms with van der Waals surface area (Å²) < 4.78 is 107. The Morgan fingerprint density at radius 1 is 0.877 bits per heavy atom. The lowest BCUT2D eigenvalue weighted by atomic mass is 10.1. The summed E-state index contributed by atoms with van der Waals surface area (Å²) in [6, 6.07) is 2.02. The standard InChI is InChI=1S/C36H47F4N5O10S2/c1-3-7-45(8-4-2)36(48)23-19-26-25(42-27(41)20-23)21-24(56-26)22-43-9-11-44(12-10-43)28(46)5-13-52-15-17-54-18-16-53-14-6-29(47)55-34-30(37)32(39)35(57(49,50)51)33(40)31(34)38/h19,21H,3-18,20,22H2,1-2H3,(H2,41,42)(H,49,50,51). The Labute approximate surface area is 332 Å². The van der Waals surface area contributed by atoms with Gasteiger partial charge in [-0.1, -0.05) is 13.8 Å². The number of thiophene rings is 1. The van der Waals surface area contributed by atoms with Crippen LogP contribution in [0.4, 0.5) is 23.2 Å². The van der Waals surface area contributed by atoms with Gasteiger partial charge in [-0.05, 0) is 25.0 Å². The Hall–Kier alpha value is -3.99. The monoisotopic (exact) mass is 849 g/mol. The predicted molar refractivity (Wildman–Crippen MR) is 201 cm³/mol. The molecule has 0 radical (unpaired) electrons. The third-order valence-corrected chi connectivity index (χ3v) is 10.6. The molecule has 1 aromatic heterocycles. The Balaban J connectivity index is 1.07. The number of esters is 1. The van der Waals surface area contributed by atoms with Crippen molar-refractivity contribution in [2.75, 3.05) is 78.9 Å². The number of aliphatic imine (C=N–C) groups is 1. The van der Waals surface area contributed by atoms with E-state index >= 15 is 0 Å². The highest BCUT2D eigenvalue weighted by Crippen LogP contribution is 2.36. The van der Waals surface area contributed by atoms with Gasteiger partial charge in [-0.2, -0.15) is 17.2 Å². The van der Waals surface area contributed by atoms with E-state index in [1.807, 2.05) is 17.0 Å². The Morgan fingerprint density at radius 2 is 1.44 bits per heavy atom. The van der Waals surface area contributed by atoms with Gasteiger partial charge in [-0.15, -0.1) is 11.3 Å². The maximum atomic E-state index is 14.0. The van der Waals surface area contributed by atoms with Gasteiger partial charge in [0.05, 0.1) is 63.0 Å². The highest BCUT2D eigenvalue weighted by molar-refractivity contribution is 7.85. The number of benzene rings is 1. The molecule has 3 N–H and O–H groups in total. The molecule has 0 spiro atoms. The van der Waals surface area contributed by atoms with Gasteiger partial charge in [0.25, 0.3) is 0 Å². The molecule has 1 saturated heterocycles. The van der Waals surface area contributed by atoms with Crippen LogP contribution in [-0.2, 0) is 45.3 Å². The van der Waals surface area contributed by atoms with E-state index in [0.29, 0.717) is 63.6 Å². The zero-order chi connectivity index (χ0) is 41.7. The average molecular weight is 850 g/mol. The van der Waals surface area contributed by atoms with Gasteiger partial charge >= 0.3 is 16.1 Å². The summed E-state index contributed by atoms with van der Waals surface area (Å²) in [5.41, 5.74) is 7.63. The number of nitrogens with two attached hydrogens (primary N) is 1. The van der Waals surface area contributed by atoms with Gasteiger partial charge in [0.1, 0.15) is 5.84 Å². The fourth-order valence-electron chi connectivity index (χ4n) is 5.97. The van der Waals surface area contributed by atoms with E-state index in [1.165, 1.54) is 0 Å². The number of carbonyl (C=O) groups excluding carboxylic acids is 3. The van der Waals surface area contributed by atoms with Crippen molar-refractivity contribution in [2.45, 2.75) is 57.4 Å². The highest BCUT2D eigenvalue weighted by Gasteiger charge is 2.34. The molecular formula is C36H47F4N5O10S2. The minimum Gasteiger partial charge on any atom is -0.420 e. The van der Waals surface area contributed by atoms with Crippen molar-refractivity contribution in [1.82, 2.24) is 14.7 Å². The van der Waals surface area contributed by atoms with E-state index in [4.69, 9.17) is 24.5 Å². The maximum absolute atomic E-state index is 14.0. The lowest BCUT2D eigenvalue weighted by Crippen LogP contribution is -2.48. The number of fused-ring (bicyclic) bond motifs is 1. The molecule has 2 aliphatic rings. The second-order valence-electron chi connectivity index (χ2n) is 13.1. The van der Waals surface area contributed by atoms with Gasteiger partial charge in [0, 0.05) is 62.7 Å². The van der Waals surface area contributed by atoms with Crippen LogP contribution in [0.1, 0.15) is 55.7 Å². The van der Waals surface area contributed by atoms with Crippen LogP contribution in [0.3, 0.4) is 0 Å². The van der Waals surface area contributed by atoms with Crippen LogP contribution in [0, 0.1) is 23.3 Å². The van der Waals surface area contributed by atoms with Crippen molar-refractivity contribution in [3.05, 3.63) is 44.7 Å². The summed E-state index contributed by atoms with van der Waals surface area (Å²) in [6.07, 6.45) is 3.62. The van der Waals surface area contributed by atoms with E-state index in [-0.39, 0.29) is 57.9 Å². The number of amides is 2. The van der Waals surface area contributed by atoms with Crippen LogP contribution < -0.4 is 10.5 Å². The molecule has 3 heterocycles. The smallest absolute Gasteiger partial charge is 0.313 e. The van der Waals surface area contributed by atoms with E-state index in [1.54, 1.807) is 16.2 Å². The van der Waals surface area contributed by atoms with Crippen LogP contribution in [-0.4, -0.2) is 130 Å². The first kappa shape index (κ1) is 45.7. The third-order valence-electron chi connectivity index (χ3n) is 8.70. The number of halogens is 4. The Morgan fingerprint density at radius 3 is 2.00 bits per heavy atom. The number of rotatable bonds is 21. The van der Waals surface area contributed by atoms with Crippen molar-refractivity contribution in [3.8, 4) is 5.75 Å². The second-order valence-corrected chi connectivity index (χ2v) is 15.6. The molecule has 21 heteroatoms. The van der Waals surface area contributed by atoms with E-state index in [9.17, 15) is 40.4 Å². The van der Waals surface area contributed by atoms with Crippen LogP contribution in [0.15, 0.2) is 21.5 Å². The zero-order valence-corrected chi connectivity index (χ0v) is 33.3. The van der Waals surface area contributed by atoms with Crippen LogP contribution in [0.25, 0.3) is 6.08 Å². The number of hydrogen-bond donors (Lipinski definition) is 2. The molecule has 2 aromatic rings. The summed E-state index contributed by atoms with van der Waals surface area (Å²) in [5.74, 6) is -12.3. The minimum absolute atomic E-state index is 0.000249. The quantitative estimate of drug-likeness (QED) is 0.0459. The summed E-state index contributed by atoms with van der Waals surface area (Å²) in [5, 5.41) is 0. The van der Waals surface area contributed by atoms with Crippen LogP contribution in [0.2, 0.25) is 0 Å². The number of ether oxygens (including phenoxy) is 4. The topological polar surface area (TPSA) is 191 Å². The van der Waals surface area contributed by atoms with E-state index in [2.05, 4.69) is 28.5 Å². The first-order valence-corrected chi connectivity index (χ1v) is 20.6. The molecule has 0 atom stereocenters. The van der Waals surface area contributed by atoms with Crippen molar-refractivity contribution in [2.24, 2.45) is 10.7 Å². The first-order valence-electron chi connectivity index (χ1n) is 18.4. The SMILES string of the molecule is CCCN(CCC)C(=O)C1=Cc2sc(CN3CCN(C(=O)CCOCCOCCOCCC(=O)Oc4c(F)c(F)c(S(=O)(=O)O)c(F)c4F)CC3)cc2N=C(N)C1. The molecule has 2 aliphatic heterocycles. The molecule has 4 rings (SSSR count). The number of nitrogens with zero attached hydrogens (tertiary/aromatic N) is 4. The van der Waals surface area contributed by atoms with Gasteiger partial charge < -0.3 is 34.5 Å². The highest BCUT2D eigenvalue weighted by atomic mass is 32.2. The fraction of sp³-hybridized carbons (Fsp3) is 0.556. The predicted octanol–water partition coefficient (Wildman–Crippen LogP) is 4.06. The summed E-state index contributed by atoms with van der Waals surface area (Å²) in [4.78, 5) is 48.2. The van der Waals surface area contributed by atoms with Crippen molar-refractivity contribution in [3.63, 3.8) is 0 Å². The van der Waals surface area contributed by atoms with Gasteiger partial charge in [0.2, 0.25) is 29.2 Å². The summed E-state index contributed by atoms with van der Waals surface area (Å²) in [6.45, 7) is 9.09. The lowest BCUT2D eigenvalue weighted by Gasteiger charge is -2.34. The molecule has 0 bridgehead atoms. The molecule has 15 nitrogen and oxygen atoms in total. The number of amidine groups is 1. The zero-order valence-electron chi connectivity index (χ0n) is 31.7. The summed E-state index contributed by atoms with van der Waals surface area (Å²) in [7, 11) is -5.65. The molecule has 57 heavy (non-hydrogen) atoms. The average Bonchev–Trinajstić information content (AvgIpc) is 3.45. The number of carbonyl (C=O) groups is 3. The van der Waals surface area contributed by atoms with Crippen LogP contribution in [0.5, 0.6) is 5.75 Å². The molecule has 1 fully saturated rings. The largest absolute Gasteiger partial charge is 0.420 e. The van der Waals surface area contributed by atoms with Gasteiger partial charge in [-0.3, -0.25) is 23.8 Å². The molecule has 0 aliphatic carbocycles. The maximum Gasteiger partial charge on any atom is 0.313 e. The third kappa shape index (κ3) is 13.0. The van der Waals surface area contributed by atoms with Crippen molar-refractivity contribution in [1.29, 1.82) is 0 Å². The lowest BCUT2D eigenvalue weighted by molar-refractivity contribution is -0.136. The second kappa shape index (κ2) is 21.7. The number of hydrogen-bond acceptors (Lipinski definition) is 13.